The Bertz CT molecular complexity index is 1120. The molecule has 3 atom stereocenters. The molecule has 2 aromatic rings. The number of ether oxygens (including phenoxy) is 1. The fourth-order valence-corrected chi connectivity index (χ4v) is 4.09. The lowest BCUT2D eigenvalue weighted by molar-refractivity contribution is -0.143. The number of anilines is 1. The number of rotatable bonds is 9. The number of hydrogen-bond donors (Lipinski definition) is 4. The number of carbonyl (C=O) groups excluding carboxylic acids is 3. The summed E-state index contributed by atoms with van der Waals surface area (Å²) in [5.74, 6) is -1.09. The molecule has 9 heteroatoms. The van der Waals surface area contributed by atoms with E-state index in [0.29, 0.717) is 17.7 Å². The molecule has 2 aromatic carbocycles. The van der Waals surface area contributed by atoms with Gasteiger partial charge in [-0.15, -0.1) is 0 Å². The molecule has 0 fully saturated rings. The molecule has 0 aromatic heterocycles. The summed E-state index contributed by atoms with van der Waals surface area (Å²) in [5.41, 5.74) is 1.55. The fraction of sp³-hybridized carbons (Fsp3) is 0.464. The average Bonchev–Trinajstić information content (AvgIpc) is 2.82. The van der Waals surface area contributed by atoms with E-state index in [1.807, 2.05) is 32.9 Å². The minimum atomic E-state index is -1.18. The highest BCUT2D eigenvalue weighted by atomic mass is 32.1. The van der Waals surface area contributed by atoms with E-state index in [1.165, 1.54) is 4.90 Å². The van der Waals surface area contributed by atoms with Crippen molar-refractivity contribution < 1.29 is 24.2 Å². The molecule has 3 N–H and O–H groups in total. The van der Waals surface area contributed by atoms with E-state index < -0.39 is 41.6 Å². The molecule has 0 aliphatic heterocycles. The number of hydrogen-bond acceptors (Lipinski definition) is 6. The summed E-state index contributed by atoms with van der Waals surface area (Å²) >= 11 is 4.30. The molecule has 202 valence electrons. The molecule has 0 aliphatic carbocycles. The zero-order chi connectivity index (χ0) is 27.9. The third-order valence-electron chi connectivity index (χ3n) is 5.98. The number of para-hydroxylation sites is 2. The monoisotopic (exact) mass is 529 g/mol. The number of carbonyl (C=O) groups is 3. The zero-order valence-electron chi connectivity index (χ0n) is 22.7. The summed E-state index contributed by atoms with van der Waals surface area (Å²) in [6, 6.07) is 9.75. The van der Waals surface area contributed by atoms with Gasteiger partial charge < -0.3 is 25.4 Å². The van der Waals surface area contributed by atoms with Crippen molar-refractivity contribution in [1.82, 2.24) is 10.2 Å². The van der Waals surface area contributed by atoms with E-state index in [4.69, 9.17) is 4.74 Å². The van der Waals surface area contributed by atoms with Crippen molar-refractivity contribution >= 4 is 36.2 Å². The van der Waals surface area contributed by atoms with Gasteiger partial charge in [0.2, 0.25) is 5.91 Å². The highest BCUT2D eigenvalue weighted by molar-refractivity contribution is 7.80. The van der Waals surface area contributed by atoms with E-state index in [1.54, 1.807) is 58.0 Å². The molecule has 0 spiro atoms. The molecule has 0 heterocycles. The van der Waals surface area contributed by atoms with E-state index in [0.717, 1.165) is 5.56 Å². The van der Waals surface area contributed by atoms with Gasteiger partial charge in [0.25, 0.3) is 5.91 Å². The van der Waals surface area contributed by atoms with Crippen molar-refractivity contribution in [3.63, 3.8) is 0 Å². The van der Waals surface area contributed by atoms with E-state index >= 15 is 0 Å². The van der Waals surface area contributed by atoms with Gasteiger partial charge in [-0.05, 0) is 65.2 Å². The van der Waals surface area contributed by atoms with Crippen LogP contribution in [0.25, 0.3) is 0 Å². The minimum absolute atomic E-state index is 0.0169. The van der Waals surface area contributed by atoms with Crippen LogP contribution in [0.2, 0.25) is 0 Å². The van der Waals surface area contributed by atoms with Gasteiger partial charge in [0.05, 0.1) is 0 Å². The van der Waals surface area contributed by atoms with Crippen LogP contribution in [0.4, 0.5) is 10.5 Å². The second-order valence-electron chi connectivity index (χ2n) is 10.1. The summed E-state index contributed by atoms with van der Waals surface area (Å²) in [6.07, 6.45) is -0.235. The highest BCUT2D eigenvalue weighted by Crippen LogP contribution is 2.35. The topological polar surface area (TPSA) is 108 Å². The van der Waals surface area contributed by atoms with Crippen LogP contribution >= 0.6 is 12.6 Å². The summed E-state index contributed by atoms with van der Waals surface area (Å²) in [7, 11) is 0. The van der Waals surface area contributed by atoms with Crippen LogP contribution in [0.3, 0.4) is 0 Å². The fourth-order valence-electron chi connectivity index (χ4n) is 3.84. The van der Waals surface area contributed by atoms with Crippen LogP contribution in [0.1, 0.15) is 63.8 Å². The molecule has 0 bridgehead atoms. The standard InChI is InChI=1S/C28H39N3O5S/c1-8-19(4)31(26(34)22(16-37)30-27(35)36-28(5,6)7)23(20-14-11-13-18(3)24(20)32)25(33)29-21-15-10-9-12-17(21)2/h9-15,19,22-23,32,37H,8,16H2,1-7H3,(H,29,33)(H,30,35). The lowest BCUT2D eigenvalue weighted by Crippen LogP contribution is -2.55. The Kier molecular flexibility index (Phi) is 10.4. The molecule has 0 saturated heterocycles. The SMILES string of the molecule is CCC(C)N(C(=O)C(CS)NC(=O)OC(C)(C)C)C(C(=O)Nc1ccccc1C)c1cccc(C)c1O. The number of thiol groups is 1. The third kappa shape index (κ3) is 7.89. The molecular formula is C28H39N3O5S. The van der Waals surface area contributed by atoms with Crippen LogP contribution in [-0.4, -0.2) is 51.4 Å². The number of alkyl carbamates (subject to hydrolysis) is 1. The number of amides is 3. The maximum Gasteiger partial charge on any atom is 0.408 e. The Morgan fingerprint density at radius 2 is 1.68 bits per heavy atom. The second kappa shape index (κ2) is 12.9. The van der Waals surface area contributed by atoms with E-state index in [-0.39, 0.29) is 17.1 Å². The Hall–Kier alpha value is -3.20. The van der Waals surface area contributed by atoms with Crippen LogP contribution in [-0.2, 0) is 14.3 Å². The number of aryl methyl sites for hydroxylation is 2. The summed E-state index contributed by atoms with van der Waals surface area (Å²) in [4.78, 5) is 41.7. The number of nitrogens with zero attached hydrogens (tertiary/aromatic N) is 1. The molecular weight excluding hydrogens is 490 g/mol. The van der Waals surface area contributed by atoms with Gasteiger partial charge in [0.1, 0.15) is 23.4 Å². The number of benzene rings is 2. The Morgan fingerprint density at radius 3 is 2.24 bits per heavy atom. The smallest absolute Gasteiger partial charge is 0.408 e. The maximum absolute atomic E-state index is 14.0. The molecule has 0 radical (unpaired) electrons. The molecule has 2 rings (SSSR count). The average molecular weight is 530 g/mol. The van der Waals surface area contributed by atoms with Gasteiger partial charge in [-0.3, -0.25) is 9.59 Å². The highest BCUT2D eigenvalue weighted by Gasteiger charge is 2.39. The van der Waals surface area contributed by atoms with Crippen molar-refractivity contribution in [3.05, 3.63) is 59.2 Å². The van der Waals surface area contributed by atoms with Crippen molar-refractivity contribution in [1.29, 1.82) is 0 Å². The first-order valence-electron chi connectivity index (χ1n) is 12.4. The Balaban J connectivity index is 2.58. The van der Waals surface area contributed by atoms with Crippen LogP contribution in [0, 0.1) is 13.8 Å². The molecule has 8 nitrogen and oxygen atoms in total. The number of phenols is 1. The number of aromatic hydroxyl groups is 1. The lowest BCUT2D eigenvalue weighted by Gasteiger charge is -2.38. The second-order valence-corrected chi connectivity index (χ2v) is 10.5. The molecule has 37 heavy (non-hydrogen) atoms. The van der Waals surface area contributed by atoms with Gasteiger partial charge >= 0.3 is 6.09 Å². The quantitative estimate of drug-likeness (QED) is 0.337. The first kappa shape index (κ1) is 30.0. The van der Waals surface area contributed by atoms with Crippen LogP contribution in [0.5, 0.6) is 5.75 Å². The van der Waals surface area contributed by atoms with E-state index in [9.17, 15) is 19.5 Å². The Morgan fingerprint density at radius 1 is 1.05 bits per heavy atom. The van der Waals surface area contributed by atoms with Gasteiger partial charge in [-0.25, -0.2) is 4.79 Å². The maximum atomic E-state index is 14.0. The molecule has 3 unspecified atom stereocenters. The normalized spacial score (nSPS) is 13.7. The van der Waals surface area contributed by atoms with Gasteiger partial charge in [-0.1, -0.05) is 43.3 Å². The lowest BCUT2D eigenvalue weighted by atomic mass is 9.97. The van der Waals surface area contributed by atoms with Crippen LogP contribution in [0.15, 0.2) is 42.5 Å². The van der Waals surface area contributed by atoms with Crippen molar-refractivity contribution in [3.8, 4) is 5.75 Å². The molecule has 0 saturated carbocycles. The number of nitrogens with one attached hydrogen (secondary N) is 2. The summed E-state index contributed by atoms with van der Waals surface area (Å²) in [5, 5.41) is 16.5. The largest absolute Gasteiger partial charge is 0.507 e. The number of phenolic OH excluding ortho intramolecular Hbond substituents is 1. The molecule has 3 amide bonds. The predicted molar refractivity (Wildman–Crippen MR) is 149 cm³/mol. The minimum Gasteiger partial charge on any atom is -0.507 e. The summed E-state index contributed by atoms with van der Waals surface area (Å²) in [6.45, 7) is 12.5. The zero-order valence-corrected chi connectivity index (χ0v) is 23.6. The van der Waals surface area contributed by atoms with Crippen molar-refractivity contribution in [2.75, 3.05) is 11.1 Å². The van der Waals surface area contributed by atoms with E-state index in [2.05, 4.69) is 23.3 Å². The van der Waals surface area contributed by atoms with Crippen molar-refractivity contribution in [2.45, 2.75) is 78.6 Å². The van der Waals surface area contributed by atoms with Gasteiger partial charge in [0, 0.05) is 23.0 Å². The van der Waals surface area contributed by atoms with Gasteiger partial charge in [0.15, 0.2) is 0 Å². The molecule has 0 aliphatic rings. The first-order valence-corrected chi connectivity index (χ1v) is 13.0. The Labute approximate surface area is 225 Å². The van der Waals surface area contributed by atoms with Crippen LogP contribution < -0.4 is 10.6 Å². The predicted octanol–water partition coefficient (Wildman–Crippen LogP) is 5.14. The first-order chi connectivity index (χ1) is 17.3. The summed E-state index contributed by atoms with van der Waals surface area (Å²) < 4.78 is 5.33. The van der Waals surface area contributed by atoms with Gasteiger partial charge in [-0.2, -0.15) is 12.6 Å². The van der Waals surface area contributed by atoms with Crippen molar-refractivity contribution in [2.24, 2.45) is 0 Å². The third-order valence-corrected chi connectivity index (χ3v) is 6.35.